The third-order valence-corrected chi connectivity index (χ3v) is 2.69. The Labute approximate surface area is 70.9 Å². The molecule has 5 heteroatoms. The van der Waals surface area contributed by atoms with Crippen LogP contribution in [0.2, 0.25) is 0 Å². The number of nitrogens with one attached hydrogen (secondary N) is 1. The van der Waals surface area contributed by atoms with Crippen LogP contribution in [0, 0.1) is 5.41 Å². The summed E-state index contributed by atoms with van der Waals surface area (Å²) < 4.78 is -0.158. The van der Waals surface area contributed by atoms with E-state index in [1.807, 2.05) is 22.6 Å². The first-order valence-corrected chi connectivity index (χ1v) is 3.82. The smallest absolute Gasteiger partial charge is 0.142 e. The predicted octanol–water partition coefficient (Wildman–Crippen LogP) is 1.45. The molecule has 1 N–H and O–H groups in total. The molecule has 0 aromatic rings. The molecular formula is C4H3ClIN3. The van der Waals surface area contributed by atoms with Gasteiger partial charge in [-0.2, -0.15) is 0 Å². The van der Waals surface area contributed by atoms with Crippen molar-refractivity contribution in [1.82, 2.24) is 0 Å². The molecule has 0 amide bonds. The summed E-state index contributed by atoms with van der Waals surface area (Å²) in [6.07, 6.45) is 1.29. The first-order valence-electron chi connectivity index (χ1n) is 2.20. The molecule has 1 rings (SSSR count). The van der Waals surface area contributed by atoms with Crippen molar-refractivity contribution in [2.75, 3.05) is 0 Å². The van der Waals surface area contributed by atoms with Crippen LogP contribution in [0.25, 0.3) is 0 Å². The first kappa shape index (κ1) is 7.14. The minimum Gasteiger partial charge on any atom is -0.285 e. The van der Waals surface area contributed by atoms with E-state index in [0.29, 0.717) is 5.17 Å². The van der Waals surface area contributed by atoms with Crippen LogP contribution < -0.4 is 0 Å². The van der Waals surface area contributed by atoms with Gasteiger partial charge in [-0.15, -0.1) is 0 Å². The van der Waals surface area contributed by atoms with Crippen LogP contribution in [0.15, 0.2) is 9.98 Å². The van der Waals surface area contributed by atoms with E-state index in [1.165, 1.54) is 6.34 Å². The van der Waals surface area contributed by atoms with E-state index in [4.69, 9.17) is 17.0 Å². The van der Waals surface area contributed by atoms with Crippen LogP contribution in [-0.4, -0.2) is 21.3 Å². The molecule has 1 aliphatic rings. The summed E-state index contributed by atoms with van der Waals surface area (Å²) in [5, 5.41) is 7.58. The average molecular weight is 255 g/mol. The fraction of sp³-hybridized carbons (Fsp3) is 0.250. The Morgan fingerprint density at radius 2 is 2.44 bits per heavy atom. The van der Waals surface area contributed by atoms with Crippen LogP contribution >= 0.6 is 34.2 Å². The monoisotopic (exact) mass is 255 g/mol. The number of amidine groups is 1. The Hall–Kier alpha value is 0.0300. The Balaban J connectivity index is 2.86. The van der Waals surface area contributed by atoms with E-state index < -0.39 is 0 Å². The van der Waals surface area contributed by atoms with Gasteiger partial charge in [0.1, 0.15) is 21.3 Å². The third-order valence-electron chi connectivity index (χ3n) is 0.827. The summed E-state index contributed by atoms with van der Waals surface area (Å²) in [7, 11) is 0. The highest BCUT2D eigenvalue weighted by molar-refractivity contribution is 14.1. The summed E-state index contributed by atoms with van der Waals surface area (Å²) >= 11 is 7.58. The zero-order chi connectivity index (χ0) is 6.85. The second kappa shape index (κ2) is 2.74. The van der Waals surface area contributed by atoms with Crippen molar-refractivity contribution in [3.8, 4) is 0 Å². The lowest BCUT2D eigenvalue weighted by Crippen LogP contribution is -2.20. The second-order valence-electron chi connectivity index (χ2n) is 1.44. The van der Waals surface area contributed by atoms with Gasteiger partial charge in [-0.3, -0.25) is 5.41 Å². The minimum absolute atomic E-state index is 0.158. The minimum atomic E-state index is -0.158. The van der Waals surface area contributed by atoms with Crippen molar-refractivity contribution in [2.45, 2.75) is 3.92 Å². The normalized spacial score (nSPS) is 26.2. The molecule has 3 nitrogen and oxygen atoms in total. The summed E-state index contributed by atoms with van der Waals surface area (Å²) in [5.41, 5.74) is 0. The number of alkyl halides is 1. The summed E-state index contributed by atoms with van der Waals surface area (Å²) in [5.74, 6) is 0.260. The molecule has 1 heterocycles. The molecule has 0 saturated carbocycles. The number of nitrogens with zero attached hydrogens (tertiary/aromatic N) is 2. The van der Waals surface area contributed by atoms with Crippen molar-refractivity contribution < 1.29 is 0 Å². The van der Waals surface area contributed by atoms with E-state index in [1.54, 1.807) is 0 Å². The van der Waals surface area contributed by atoms with Gasteiger partial charge in [-0.25, -0.2) is 9.98 Å². The maximum atomic E-state index is 7.15. The van der Waals surface area contributed by atoms with Crippen molar-refractivity contribution >= 4 is 51.5 Å². The number of halogens is 2. The SMILES string of the molecule is N=C1N=CN=C(Cl)C1I. The fourth-order valence-electron chi connectivity index (χ4n) is 0.390. The lowest BCUT2D eigenvalue weighted by molar-refractivity contribution is 1.36. The maximum absolute atomic E-state index is 7.15. The van der Waals surface area contributed by atoms with E-state index in [0.717, 1.165) is 0 Å². The van der Waals surface area contributed by atoms with Crippen molar-refractivity contribution in [3.05, 3.63) is 0 Å². The molecule has 1 unspecified atom stereocenters. The van der Waals surface area contributed by atoms with Gasteiger partial charge in [0.15, 0.2) is 0 Å². The lowest BCUT2D eigenvalue weighted by Gasteiger charge is -2.06. The van der Waals surface area contributed by atoms with Crippen LogP contribution in [0.1, 0.15) is 0 Å². The van der Waals surface area contributed by atoms with Gasteiger partial charge >= 0.3 is 0 Å². The number of hydrogen-bond acceptors (Lipinski definition) is 2. The van der Waals surface area contributed by atoms with E-state index >= 15 is 0 Å². The Bertz CT molecular complexity index is 198. The number of hydrogen-bond donors (Lipinski definition) is 1. The largest absolute Gasteiger partial charge is 0.285 e. The lowest BCUT2D eigenvalue weighted by atomic mass is 10.4. The molecule has 0 aromatic heterocycles. The molecule has 1 aliphatic heterocycles. The first-order chi connectivity index (χ1) is 4.22. The molecule has 0 aromatic carbocycles. The third kappa shape index (κ3) is 1.48. The quantitative estimate of drug-likeness (QED) is 0.503. The molecule has 0 saturated heterocycles. The van der Waals surface area contributed by atoms with E-state index in [9.17, 15) is 0 Å². The van der Waals surface area contributed by atoms with Gasteiger partial charge in [0.05, 0.1) is 0 Å². The van der Waals surface area contributed by atoms with Gasteiger partial charge < -0.3 is 0 Å². The molecular weight excluding hydrogens is 252 g/mol. The van der Waals surface area contributed by atoms with Gasteiger partial charge in [0, 0.05) is 0 Å². The zero-order valence-electron chi connectivity index (χ0n) is 4.31. The topological polar surface area (TPSA) is 48.6 Å². The van der Waals surface area contributed by atoms with Gasteiger partial charge in [-0.05, 0) is 0 Å². The van der Waals surface area contributed by atoms with Crippen LogP contribution in [0.4, 0.5) is 0 Å². The molecule has 0 bridgehead atoms. The maximum Gasteiger partial charge on any atom is 0.142 e. The summed E-state index contributed by atoms with van der Waals surface area (Å²) in [6.45, 7) is 0. The fourth-order valence-corrected chi connectivity index (χ4v) is 0.859. The van der Waals surface area contributed by atoms with Crippen molar-refractivity contribution in [1.29, 1.82) is 5.41 Å². The highest BCUT2D eigenvalue weighted by Gasteiger charge is 2.16. The molecule has 1 atom stereocenters. The number of rotatable bonds is 0. The van der Waals surface area contributed by atoms with Crippen LogP contribution in [-0.2, 0) is 0 Å². The molecule has 48 valence electrons. The van der Waals surface area contributed by atoms with E-state index in [2.05, 4.69) is 9.98 Å². The van der Waals surface area contributed by atoms with Crippen molar-refractivity contribution in [3.63, 3.8) is 0 Å². The highest BCUT2D eigenvalue weighted by Crippen LogP contribution is 2.11. The zero-order valence-corrected chi connectivity index (χ0v) is 7.22. The Morgan fingerprint density at radius 3 is 2.89 bits per heavy atom. The number of aliphatic imine (C=N–C) groups is 2. The summed E-state index contributed by atoms with van der Waals surface area (Å²) in [6, 6.07) is 0. The van der Waals surface area contributed by atoms with Gasteiger partial charge in [0.2, 0.25) is 0 Å². The Morgan fingerprint density at radius 1 is 1.78 bits per heavy atom. The van der Waals surface area contributed by atoms with Crippen LogP contribution in [0.3, 0.4) is 0 Å². The highest BCUT2D eigenvalue weighted by atomic mass is 127. The molecule has 0 aliphatic carbocycles. The predicted molar refractivity (Wildman–Crippen MR) is 47.3 cm³/mol. The molecule has 0 radical (unpaired) electrons. The average Bonchev–Trinajstić information content (AvgIpc) is 1.83. The molecule has 0 spiro atoms. The molecule has 0 fully saturated rings. The standard InChI is InChI=1S/C4H3ClIN3/c5-3-2(6)4(7)9-1-8-3/h1-2,7H. The Kier molecular flexibility index (Phi) is 2.18. The molecule has 9 heavy (non-hydrogen) atoms. The van der Waals surface area contributed by atoms with Gasteiger partial charge in [-0.1, -0.05) is 34.2 Å². The van der Waals surface area contributed by atoms with Gasteiger partial charge in [0.25, 0.3) is 0 Å². The summed E-state index contributed by atoms with van der Waals surface area (Å²) in [4.78, 5) is 7.34. The van der Waals surface area contributed by atoms with Crippen LogP contribution in [0.5, 0.6) is 0 Å². The second-order valence-corrected chi connectivity index (χ2v) is 3.08. The van der Waals surface area contributed by atoms with Crippen molar-refractivity contribution in [2.24, 2.45) is 9.98 Å². The van der Waals surface area contributed by atoms with E-state index in [-0.39, 0.29) is 9.76 Å².